The van der Waals surface area contributed by atoms with Crippen LogP contribution in [-0.2, 0) is 17.8 Å². The molecule has 0 fully saturated rings. The highest BCUT2D eigenvalue weighted by Crippen LogP contribution is 2.26. The fraction of sp³-hybridized carbons (Fsp3) is 0.292. The van der Waals surface area contributed by atoms with Crippen molar-refractivity contribution in [2.24, 2.45) is 0 Å². The van der Waals surface area contributed by atoms with Gasteiger partial charge in [0.2, 0.25) is 5.91 Å². The smallest absolute Gasteiger partial charge is 0.222 e. The fourth-order valence-electron chi connectivity index (χ4n) is 3.40. The summed E-state index contributed by atoms with van der Waals surface area (Å²) in [6.45, 7) is 2.99. The summed E-state index contributed by atoms with van der Waals surface area (Å²) >= 11 is 0. The van der Waals surface area contributed by atoms with E-state index in [1.807, 2.05) is 42.2 Å². The van der Waals surface area contributed by atoms with E-state index in [0.717, 1.165) is 24.2 Å². The van der Waals surface area contributed by atoms with Crippen LogP contribution in [0.4, 0.5) is 4.39 Å². The van der Waals surface area contributed by atoms with E-state index in [1.165, 1.54) is 17.7 Å². The Morgan fingerprint density at radius 3 is 2.39 bits per heavy atom. The van der Waals surface area contributed by atoms with Crippen LogP contribution >= 0.6 is 0 Å². The number of nitrogens with zero attached hydrogens (tertiary/aromatic N) is 1. The lowest BCUT2D eigenvalue weighted by atomic mass is 9.93. The third kappa shape index (κ3) is 5.56. The van der Waals surface area contributed by atoms with Crippen LogP contribution in [0.3, 0.4) is 0 Å². The highest BCUT2D eigenvalue weighted by atomic mass is 19.1. The molecular weight excluding hydrogens is 353 g/mol. The van der Waals surface area contributed by atoms with Gasteiger partial charge in [-0.1, -0.05) is 49.4 Å². The van der Waals surface area contributed by atoms with E-state index in [1.54, 1.807) is 18.4 Å². The Balaban J connectivity index is 1.70. The van der Waals surface area contributed by atoms with Crippen LogP contribution in [-0.4, -0.2) is 17.4 Å². The number of amides is 1. The summed E-state index contributed by atoms with van der Waals surface area (Å²) in [5.41, 5.74) is 2.18. The average molecular weight is 379 g/mol. The van der Waals surface area contributed by atoms with Crippen molar-refractivity contribution >= 4 is 5.91 Å². The molecule has 0 aliphatic heterocycles. The molecule has 1 heterocycles. The van der Waals surface area contributed by atoms with Gasteiger partial charge in [0.05, 0.1) is 6.26 Å². The SMILES string of the molecule is CCC(=O)N(CC[C@@H](Cc1ccccc1)c1ccco1)Cc1ccc(F)cc1. The highest BCUT2D eigenvalue weighted by Gasteiger charge is 2.19. The van der Waals surface area contributed by atoms with E-state index < -0.39 is 0 Å². The summed E-state index contributed by atoms with van der Waals surface area (Å²) < 4.78 is 18.8. The first-order valence-electron chi connectivity index (χ1n) is 9.75. The maximum absolute atomic E-state index is 13.2. The molecule has 0 N–H and O–H groups in total. The molecule has 0 aliphatic rings. The maximum Gasteiger partial charge on any atom is 0.222 e. The predicted octanol–water partition coefficient (Wildman–Crippen LogP) is 5.57. The van der Waals surface area contributed by atoms with E-state index >= 15 is 0 Å². The lowest BCUT2D eigenvalue weighted by Gasteiger charge is -2.25. The summed E-state index contributed by atoms with van der Waals surface area (Å²) in [4.78, 5) is 14.3. The van der Waals surface area contributed by atoms with Gasteiger partial charge in [-0.3, -0.25) is 4.79 Å². The molecule has 1 atom stereocenters. The normalized spacial score (nSPS) is 11.9. The second-order valence-corrected chi connectivity index (χ2v) is 6.99. The number of furan rings is 1. The Morgan fingerprint density at radius 1 is 1.00 bits per heavy atom. The Labute approximate surface area is 165 Å². The standard InChI is InChI=1S/C24H26FNO2/c1-2-24(27)26(18-20-10-12-22(25)13-11-20)15-14-21(23-9-6-16-28-23)17-19-7-4-3-5-8-19/h3-13,16,21H,2,14-15,17-18H2,1H3/t21-/m0/s1. The molecule has 2 aromatic carbocycles. The number of halogens is 1. The minimum absolute atomic E-state index is 0.0993. The van der Waals surface area contributed by atoms with Crippen molar-refractivity contribution in [3.05, 3.63) is 95.7 Å². The second kappa shape index (κ2) is 9.88. The summed E-state index contributed by atoms with van der Waals surface area (Å²) in [7, 11) is 0. The van der Waals surface area contributed by atoms with Crippen LogP contribution in [0.25, 0.3) is 0 Å². The molecule has 0 unspecified atom stereocenters. The zero-order valence-electron chi connectivity index (χ0n) is 16.2. The molecule has 3 nitrogen and oxygen atoms in total. The minimum Gasteiger partial charge on any atom is -0.469 e. The van der Waals surface area contributed by atoms with Crippen molar-refractivity contribution in [1.29, 1.82) is 0 Å². The maximum atomic E-state index is 13.2. The first-order valence-corrected chi connectivity index (χ1v) is 9.75. The number of hydrogen-bond donors (Lipinski definition) is 0. The molecule has 0 aliphatic carbocycles. The van der Waals surface area contributed by atoms with Gasteiger partial charge in [-0.05, 0) is 48.2 Å². The molecular formula is C24H26FNO2. The number of benzene rings is 2. The third-order valence-electron chi connectivity index (χ3n) is 4.96. The van der Waals surface area contributed by atoms with Crippen LogP contribution in [0.5, 0.6) is 0 Å². The lowest BCUT2D eigenvalue weighted by Crippen LogP contribution is -2.31. The van der Waals surface area contributed by atoms with Crippen molar-refractivity contribution in [2.75, 3.05) is 6.54 Å². The van der Waals surface area contributed by atoms with Gasteiger partial charge in [0.25, 0.3) is 0 Å². The Morgan fingerprint density at radius 2 is 1.75 bits per heavy atom. The van der Waals surface area contributed by atoms with Gasteiger partial charge in [-0.2, -0.15) is 0 Å². The van der Waals surface area contributed by atoms with Crippen molar-refractivity contribution in [3.8, 4) is 0 Å². The monoisotopic (exact) mass is 379 g/mol. The zero-order chi connectivity index (χ0) is 19.8. The van der Waals surface area contributed by atoms with Gasteiger partial charge in [0.1, 0.15) is 11.6 Å². The highest BCUT2D eigenvalue weighted by molar-refractivity contribution is 5.75. The van der Waals surface area contributed by atoms with Crippen LogP contribution in [0.2, 0.25) is 0 Å². The van der Waals surface area contributed by atoms with Crippen molar-refractivity contribution in [2.45, 2.75) is 38.6 Å². The topological polar surface area (TPSA) is 33.5 Å². The summed E-state index contributed by atoms with van der Waals surface area (Å²) in [5.74, 6) is 0.965. The fourth-order valence-corrected chi connectivity index (χ4v) is 3.40. The van der Waals surface area contributed by atoms with Gasteiger partial charge >= 0.3 is 0 Å². The van der Waals surface area contributed by atoms with E-state index in [-0.39, 0.29) is 17.6 Å². The van der Waals surface area contributed by atoms with Gasteiger partial charge < -0.3 is 9.32 Å². The molecule has 0 bridgehead atoms. The number of carbonyl (C=O) groups is 1. The van der Waals surface area contributed by atoms with E-state index in [9.17, 15) is 9.18 Å². The minimum atomic E-state index is -0.266. The van der Waals surface area contributed by atoms with Gasteiger partial charge in [0.15, 0.2) is 0 Å². The number of hydrogen-bond acceptors (Lipinski definition) is 2. The number of carbonyl (C=O) groups excluding carboxylic acids is 1. The predicted molar refractivity (Wildman–Crippen MR) is 108 cm³/mol. The molecule has 0 spiro atoms. The first-order chi connectivity index (χ1) is 13.7. The lowest BCUT2D eigenvalue weighted by molar-refractivity contribution is -0.131. The molecule has 0 saturated heterocycles. The quantitative estimate of drug-likeness (QED) is 0.487. The van der Waals surface area contributed by atoms with Gasteiger partial charge in [-0.15, -0.1) is 0 Å². The average Bonchev–Trinajstić information content (AvgIpc) is 3.26. The van der Waals surface area contributed by atoms with Gasteiger partial charge in [-0.25, -0.2) is 4.39 Å². The number of rotatable bonds is 9. The Hall–Kier alpha value is -2.88. The van der Waals surface area contributed by atoms with Crippen molar-refractivity contribution in [1.82, 2.24) is 4.90 Å². The first kappa shape index (κ1) is 19.9. The molecule has 28 heavy (non-hydrogen) atoms. The van der Waals surface area contributed by atoms with Crippen LogP contribution in [0.1, 0.15) is 42.6 Å². The molecule has 1 amide bonds. The van der Waals surface area contributed by atoms with Crippen LogP contribution in [0, 0.1) is 5.82 Å². The van der Waals surface area contributed by atoms with Crippen molar-refractivity contribution < 1.29 is 13.6 Å². The molecule has 3 rings (SSSR count). The van der Waals surface area contributed by atoms with Crippen molar-refractivity contribution in [3.63, 3.8) is 0 Å². The molecule has 0 saturated carbocycles. The second-order valence-electron chi connectivity index (χ2n) is 6.99. The molecule has 0 radical (unpaired) electrons. The Bertz CT molecular complexity index is 844. The van der Waals surface area contributed by atoms with Gasteiger partial charge in [0, 0.05) is 25.4 Å². The van der Waals surface area contributed by atoms with E-state index in [0.29, 0.717) is 19.5 Å². The van der Waals surface area contributed by atoms with Crippen LogP contribution < -0.4 is 0 Å². The largest absolute Gasteiger partial charge is 0.469 e. The molecule has 1 aromatic heterocycles. The third-order valence-corrected chi connectivity index (χ3v) is 4.96. The molecule has 146 valence electrons. The van der Waals surface area contributed by atoms with E-state index in [4.69, 9.17) is 4.42 Å². The van der Waals surface area contributed by atoms with Crippen LogP contribution in [0.15, 0.2) is 77.4 Å². The molecule has 4 heteroatoms. The summed E-state index contributed by atoms with van der Waals surface area (Å²) in [6, 6.07) is 20.6. The summed E-state index contributed by atoms with van der Waals surface area (Å²) in [6.07, 6.45) is 3.81. The zero-order valence-corrected chi connectivity index (χ0v) is 16.2. The Kier molecular flexibility index (Phi) is 7.01. The molecule has 3 aromatic rings. The van der Waals surface area contributed by atoms with E-state index in [2.05, 4.69) is 12.1 Å². The summed E-state index contributed by atoms with van der Waals surface area (Å²) in [5, 5.41) is 0.